The van der Waals surface area contributed by atoms with Crippen molar-refractivity contribution in [3.8, 4) is 0 Å². The molecule has 10 heteroatoms. The van der Waals surface area contributed by atoms with Gasteiger partial charge < -0.3 is 22.9 Å². The Kier molecular flexibility index (Phi) is 4.79. The molecule has 0 fully saturated rings. The maximum Gasteiger partial charge on any atom is 0.737 e. The second kappa shape index (κ2) is 7.19. The highest BCUT2D eigenvalue weighted by Gasteiger charge is 2.52. The summed E-state index contributed by atoms with van der Waals surface area (Å²) >= 11 is 0. The van der Waals surface area contributed by atoms with E-state index in [9.17, 15) is 14.4 Å². The maximum atomic E-state index is 15.3. The molecular formula is C20H21BF2N4O3. The lowest BCUT2D eigenvalue weighted by Crippen LogP contribution is -2.50. The Morgan fingerprint density at radius 2 is 1.83 bits per heavy atom. The molecule has 0 unspecified atom stereocenters. The predicted octanol–water partition coefficient (Wildman–Crippen LogP) is 1.47. The van der Waals surface area contributed by atoms with E-state index in [1.54, 1.807) is 31.2 Å². The number of carbonyl (C=O) groups excluding carboxylic acids is 3. The first-order valence-corrected chi connectivity index (χ1v) is 9.76. The molecule has 1 N–H and O–H groups in total. The quantitative estimate of drug-likeness (QED) is 0.566. The molecular weight excluding hydrogens is 393 g/mol. The SMILES string of the molecule is CC1=CC(C)=[N+]2C1=Cc1ccc(CCC(=O)NCCN3C(=O)C=CC3=O)n1[B-]2(F)F. The van der Waals surface area contributed by atoms with E-state index in [2.05, 4.69) is 5.32 Å². The zero-order chi connectivity index (χ0) is 21.6. The van der Waals surface area contributed by atoms with Crippen molar-refractivity contribution in [2.24, 2.45) is 0 Å². The fraction of sp³-hybridized carbons (Fsp3) is 0.300. The molecule has 0 saturated heterocycles. The van der Waals surface area contributed by atoms with Gasteiger partial charge in [0.25, 0.3) is 11.8 Å². The molecule has 3 amide bonds. The molecule has 7 nitrogen and oxygen atoms in total. The minimum Gasteiger partial charge on any atom is -0.394 e. The molecule has 1 aromatic heterocycles. The van der Waals surface area contributed by atoms with Crippen LogP contribution in [-0.4, -0.2) is 57.4 Å². The van der Waals surface area contributed by atoms with Gasteiger partial charge in [-0.3, -0.25) is 19.3 Å². The van der Waals surface area contributed by atoms with Crippen LogP contribution >= 0.6 is 0 Å². The number of carbonyl (C=O) groups is 3. The largest absolute Gasteiger partial charge is 0.737 e. The lowest BCUT2D eigenvalue weighted by molar-refractivity contribution is -0.362. The Morgan fingerprint density at radius 1 is 1.13 bits per heavy atom. The maximum absolute atomic E-state index is 15.3. The minimum absolute atomic E-state index is 0.0201. The van der Waals surface area contributed by atoms with Crippen LogP contribution in [0.4, 0.5) is 8.63 Å². The van der Waals surface area contributed by atoms with Crippen LogP contribution in [0.3, 0.4) is 0 Å². The van der Waals surface area contributed by atoms with E-state index in [0.717, 1.165) is 19.4 Å². The summed E-state index contributed by atoms with van der Waals surface area (Å²) in [6, 6.07) is 3.27. The van der Waals surface area contributed by atoms with E-state index in [4.69, 9.17) is 0 Å². The number of rotatable bonds is 6. The molecule has 156 valence electrons. The molecule has 30 heavy (non-hydrogen) atoms. The van der Waals surface area contributed by atoms with Crippen LogP contribution in [0.2, 0.25) is 0 Å². The van der Waals surface area contributed by atoms with Gasteiger partial charge in [0.05, 0.1) is 0 Å². The van der Waals surface area contributed by atoms with Gasteiger partial charge in [-0.2, -0.15) is 0 Å². The fourth-order valence-corrected chi connectivity index (χ4v) is 4.18. The Bertz CT molecular complexity index is 1080. The van der Waals surface area contributed by atoms with Gasteiger partial charge in [0.1, 0.15) is 5.71 Å². The Labute approximate surface area is 172 Å². The zero-order valence-corrected chi connectivity index (χ0v) is 16.7. The molecule has 0 radical (unpaired) electrons. The average molecular weight is 414 g/mol. The molecule has 0 atom stereocenters. The molecule has 3 aliphatic rings. The topological polar surface area (TPSA) is 74.4 Å². The molecule has 1 aromatic rings. The molecule has 0 bridgehead atoms. The zero-order valence-electron chi connectivity index (χ0n) is 16.7. The Hall–Kier alpha value is -3.30. The summed E-state index contributed by atoms with van der Waals surface area (Å²) in [6.45, 7) is -0.390. The highest BCUT2D eigenvalue weighted by atomic mass is 19.2. The van der Waals surface area contributed by atoms with Gasteiger partial charge in [0, 0.05) is 62.0 Å². The van der Waals surface area contributed by atoms with Crippen LogP contribution in [0.5, 0.6) is 0 Å². The smallest absolute Gasteiger partial charge is 0.394 e. The molecule has 0 aliphatic carbocycles. The molecule has 4 rings (SSSR count). The first kappa shape index (κ1) is 20.0. The lowest BCUT2D eigenvalue weighted by Gasteiger charge is -2.31. The van der Waals surface area contributed by atoms with E-state index < -0.39 is 18.8 Å². The average Bonchev–Trinajstić information content (AvgIpc) is 3.32. The van der Waals surface area contributed by atoms with Crippen LogP contribution in [0.25, 0.3) is 6.08 Å². The van der Waals surface area contributed by atoms with Gasteiger partial charge in [0.15, 0.2) is 5.70 Å². The van der Waals surface area contributed by atoms with Gasteiger partial charge in [-0.05, 0) is 31.2 Å². The minimum atomic E-state index is -4.05. The summed E-state index contributed by atoms with van der Waals surface area (Å²) in [6.07, 6.45) is 6.01. The first-order chi connectivity index (χ1) is 14.2. The molecule has 0 saturated carbocycles. The number of aryl methyl sites for hydroxylation is 1. The highest BCUT2D eigenvalue weighted by Crippen LogP contribution is 2.35. The molecule has 0 aromatic carbocycles. The van der Waals surface area contributed by atoms with E-state index in [1.165, 1.54) is 12.2 Å². The van der Waals surface area contributed by atoms with Gasteiger partial charge in [0.2, 0.25) is 5.91 Å². The van der Waals surface area contributed by atoms with Crippen molar-refractivity contribution in [1.29, 1.82) is 0 Å². The summed E-state index contributed by atoms with van der Waals surface area (Å²) in [7, 11) is 0. The molecule has 4 heterocycles. The normalized spacial score (nSPS) is 19.1. The number of imide groups is 1. The molecule has 0 spiro atoms. The van der Waals surface area contributed by atoms with Gasteiger partial charge >= 0.3 is 6.97 Å². The Balaban J connectivity index is 1.40. The lowest BCUT2D eigenvalue weighted by atomic mass is 9.89. The summed E-state index contributed by atoms with van der Waals surface area (Å²) in [5.74, 6) is -1.16. The van der Waals surface area contributed by atoms with Crippen molar-refractivity contribution in [2.45, 2.75) is 26.7 Å². The third kappa shape index (κ3) is 3.22. The standard InChI is InChI=1S/C20H21BF2N4O3/c1-13-11-14(2)26-17(13)12-16-4-3-15(27(16)21(26,22)23)5-6-18(28)24-9-10-25-19(29)7-8-20(25)30/h3-4,7-8,11-12H,5-6,9-10H2,1-2H3,(H,24,28). The van der Waals surface area contributed by atoms with Crippen LogP contribution < -0.4 is 5.32 Å². The summed E-state index contributed by atoms with van der Waals surface area (Å²) in [5, 5.41) is 2.62. The van der Waals surface area contributed by atoms with Crippen LogP contribution in [0.1, 0.15) is 31.7 Å². The third-order valence-corrected chi connectivity index (χ3v) is 5.58. The van der Waals surface area contributed by atoms with Gasteiger partial charge in [-0.1, -0.05) is 0 Å². The third-order valence-electron chi connectivity index (χ3n) is 5.58. The van der Waals surface area contributed by atoms with E-state index in [1.807, 2.05) is 6.92 Å². The van der Waals surface area contributed by atoms with Crippen molar-refractivity contribution >= 4 is 36.5 Å². The van der Waals surface area contributed by atoms with E-state index in [-0.39, 0.29) is 31.8 Å². The number of hydrogen-bond donors (Lipinski definition) is 1. The Morgan fingerprint density at radius 3 is 2.53 bits per heavy atom. The van der Waals surface area contributed by atoms with E-state index >= 15 is 8.63 Å². The van der Waals surface area contributed by atoms with Crippen LogP contribution in [-0.2, 0) is 20.8 Å². The number of nitrogens with zero attached hydrogens (tertiary/aromatic N) is 3. The molecule has 3 aliphatic heterocycles. The second-order valence-corrected chi connectivity index (χ2v) is 7.59. The van der Waals surface area contributed by atoms with Gasteiger partial charge in [-0.15, -0.1) is 0 Å². The number of halogens is 2. The van der Waals surface area contributed by atoms with Crippen molar-refractivity contribution in [3.05, 3.63) is 53.0 Å². The number of allylic oxidation sites excluding steroid dienone is 2. The van der Waals surface area contributed by atoms with Crippen LogP contribution in [0.15, 0.2) is 41.6 Å². The number of aromatic nitrogens is 1. The number of nitrogens with one attached hydrogen (secondary N) is 1. The number of hydrogen-bond acceptors (Lipinski definition) is 3. The number of fused-ring (bicyclic) bond motifs is 2. The van der Waals surface area contributed by atoms with E-state index in [0.29, 0.717) is 22.8 Å². The van der Waals surface area contributed by atoms with Crippen LogP contribution in [0, 0.1) is 0 Å². The first-order valence-electron chi connectivity index (χ1n) is 9.76. The highest BCUT2D eigenvalue weighted by molar-refractivity contribution is 6.58. The summed E-state index contributed by atoms with van der Waals surface area (Å²) < 4.78 is 32.7. The predicted molar refractivity (Wildman–Crippen MR) is 108 cm³/mol. The fourth-order valence-electron chi connectivity index (χ4n) is 4.18. The van der Waals surface area contributed by atoms with Crippen molar-refractivity contribution in [3.63, 3.8) is 0 Å². The van der Waals surface area contributed by atoms with Crippen molar-refractivity contribution in [1.82, 2.24) is 14.7 Å². The van der Waals surface area contributed by atoms with Crippen molar-refractivity contribution < 1.29 is 27.5 Å². The summed E-state index contributed by atoms with van der Waals surface area (Å²) in [4.78, 5) is 36.1. The number of amides is 3. The van der Waals surface area contributed by atoms with Crippen molar-refractivity contribution in [2.75, 3.05) is 13.1 Å². The van der Waals surface area contributed by atoms with Gasteiger partial charge in [-0.25, -0.2) is 0 Å². The summed E-state index contributed by atoms with van der Waals surface area (Å²) in [5.41, 5.74) is 2.60. The second-order valence-electron chi connectivity index (χ2n) is 7.59. The monoisotopic (exact) mass is 414 g/mol.